The van der Waals surface area contributed by atoms with Crippen LogP contribution in [0, 0.1) is 11.5 Å². The van der Waals surface area contributed by atoms with Gasteiger partial charge in [0.1, 0.15) is 11.5 Å². The van der Waals surface area contributed by atoms with Gasteiger partial charge in [-0.1, -0.05) is 11.8 Å². The van der Waals surface area contributed by atoms with E-state index < -0.39 is 0 Å². The summed E-state index contributed by atoms with van der Waals surface area (Å²) in [5.41, 5.74) is 1.36. The molecule has 0 aliphatic heterocycles. The van der Waals surface area contributed by atoms with E-state index >= 15 is 0 Å². The van der Waals surface area contributed by atoms with E-state index in [4.69, 9.17) is 14.4 Å². The van der Waals surface area contributed by atoms with Gasteiger partial charge in [0.05, 0.1) is 18.4 Å². The lowest BCUT2D eigenvalue weighted by Crippen LogP contribution is -2.12. The third-order valence-electron chi connectivity index (χ3n) is 2.99. The normalized spacial score (nSPS) is 11.0. The average Bonchev–Trinajstić information content (AvgIpc) is 3.04. The topological polar surface area (TPSA) is 87.6 Å². The van der Waals surface area contributed by atoms with Crippen molar-refractivity contribution < 1.29 is 13.9 Å². The van der Waals surface area contributed by atoms with Crippen molar-refractivity contribution in [2.75, 3.05) is 13.4 Å². The first-order valence-electron chi connectivity index (χ1n) is 6.66. The molecule has 2 rings (SSSR count). The highest BCUT2D eigenvalue weighted by molar-refractivity contribution is 8.13. The smallest absolute Gasteiger partial charge is 0.194 e. The number of benzene rings is 1. The molecule has 23 heavy (non-hydrogen) atoms. The number of ketones is 1. The Kier molecular flexibility index (Phi) is 5.44. The van der Waals surface area contributed by atoms with Gasteiger partial charge in [-0.2, -0.15) is 5.26 Å². The van der Waals surface area contributed by atoms with Gasteiger partial charge in [0, 0.05) is 13.0 Å². The van der Waals surface area contributed by atoms with Crippen molar-refractivity contribution in [2.24, 2.45) is 4.99 Å². The minimum atomic E-state index is -0.136. The van der Waals surface area contributed by atoms with E-state index in [2.05, 4.69) is 10.3 Å². The van der Waals surface area contributed by atoms with Crippen molar-refractivity contribution in [3.05, 3.63) is 36.1 Å². The van der Waals surface area contributed by atoms with E-state index in [1.54, 1.807) is 37.4 Å². The Bertz CT molecular complexity index is 790. The van der Waals surface area contributed by atoms with Crippen molar-refractivity contribution in [1.82, 2.24) is 5.32 Å². The first kappa shape index (κ1) is 16.6. The van der Waals surface area contributed by atoms with Crippen LogP contribution in [-0.4, -0.2) is 24.3 Å². The van der Waals surface area contributed by atoms with Crippen LogP contribution < -0.4 is 10.1 Å². The highest BCUT2D eigenvalue weighted by Gasteiger charge is 2.13. The molecule has 0 saturated carbocycles. The lowest BCUT2D eigenvalue weighted by molar-refractivity contribution is 0.0988. The molecule has 6 nitrogen and oxygen atoms in total. The molecule has 1 N–H and O–H groups in total. The molecule has 0 amide bonds. The standard InChI is InChI=1S/C16H15N3O3S/c1-10(20)13-6-7-14(22-13)12-5-4-11(8-15(12)21-2)19-16(23-3)18-9-17/h4-8H,1-3H3,(H,18,19). The van der Waals surface area contributed by atoms with E-state index in [0.29, 0.717) is 28.1 Å². The van der Waals surface area contributed by atoms with E-state index in [9.17, 15) is 4.79 Å². The number of thioether (sulfide) groups is 1. The largest absolute Gasteiger partial charge is 0.496 e. The number of furan rings is 1. The van der Waals surface area contributed by atoms with E-state index in [-0.39, 0.29) is 5.78 Å². The molecular formula is C16H15N3O3S. The maximum absolute atomic E-state index is 11.3. The number of nitrogens with one attached hydrogen (secondary N) is 1. The molecule has 0 atom stereocenters. The summed E-state index contributed by atoms with van der Waals surface area (Å²) in [4.78, 5) is 15.7. The Morgan fingerprint density at radius 2 is 2.17 bits per heavy atom. The lowest BCUT2D eigenvalue weighted by atomic mass is 10.1. The number of nitrogens with zero attached hydrogens (tertiary/aromatic N) is 2. The maximum Gasteiger partial charge on any atom is 0.194 e. The number of hydrogen-bond acceptors (Lipinski definition) is 6. The molecule has 0 saturated heterocycles. The van der Waals surface area contributed by atoms with Crippen LogP contribution in [-0.2, 0) is 0 Å². The van der Waals surface area contributed by atoms with Gasteiger partial charge in [0.15, 0.2) is 22.9 Å². The third-order valence-corrected chi connectivity index (χ3v) is 3.57. The molecule has 0 aliphatic carbocycles. The summed E-state index contributed by atoms with van der Waals surface area (Å²) in [6, 6.07) is 8.67. The molecule has 0 radical (unpaired) electrons. The number of methoxy groups -OCH3 is 1. The molecule has 1 heterocycles. The first-order valence-corrected chi connectivity index (χ1v) is 7.88. The van der Waals surface area contributed by atoms with Crippen LogP contribution in [0.4, 0.5) is 5.69 Å². The van der Waals surface area contributed by atoms with E-state index in [1.165, 1.54) is 18.7 Å². The first-order chi connectivity index (χ1) is 11.1. The van der Waals surface area contributed by atoms with Crippen molar-refractivity contribution >= 4 is 28.4 Å². The summed E-state index contributed by atoms with van der Waals surface area (Å²) >= 11 is 1.33. The molecule has 118 valence electrons. The SMILES string of the molecule is COc1cc(N=C(NC#N)SC)ccc1-c1ccc(C(C)=O)o1. The molecule has 1 aromatic heterocycles. The zero-order valence-electron chi connectivity index (χ0n) is 12.9. The summed E-state index contributed by atoms with van der Waals surface area (Å²) in [5, 5.41) is 11.7. The zero-order valence-corrected chi connectivity index (χ0v) is 13.7. The second-order valence-electron chi connectivity index (χ2n) is 4.46. The average molecular weight is 329 g/mol. The Morgan fingerprint density at radius 3 is 2.74 bits per heavy atom. The predicted molar refractivity (Wildman–Crippen MR) is 90.1 cm³/mol. The molecule has 0 fully saturated rings. The van der Waals surface area contributed by atoms with Crippen LogP contribution in [0.1, 0.15) is 17.5 Å². The van der Waals surface area contributed by atoms with Gasteiger partial charge in [-0.25, -0.2) is 4.99 Å². The summed E-state index contributed by atoms with van der Waals surface area (Å²) in [6.45, 7) is 1.45. The van der Waals surface area contributed by atoms with Gasteiger partial charge < -0.3 is 9.15 Å². The Balaban J connectivity index is 2.40. The second kappa shape index (κ2) is 7.51. The monoisotopic (exact) mass is 329 g/mol. The van der Waals surface area contributed by atoms with Gasteiger partial charge in [-0.05, 0) is 30.5 Å². The number of aliphatic imine (C=N–C) groups is 1. The second-order valence-corrected chi connectivity index (χ2v) is 5.26. The molecule has 0 spiro atoms. The Morgan fingerprint density at radius 1 is 1.39 bits per heavy atom. The minimum absolute atomic E-state index is 0.136. The maximum atomic E-state index is 11.3. The molecule has 0 aliphatic rings. The van der Waals surface area contributed by atoms with Crippen molar-refractivity contribution in [3.8, 4) is 23.3 Å². The number of rotatable bonds is 4. The fourth-order valence-corrected chi connectivity index (χ4v) is 2.26. The number of ether oxygens (including phenoxy) is 1. The predicted octanol–water partition coefficient (Wildman–Crippen LogP) is 3.58. The van der Waals surface area contributed by atoms with Crippen LogP contribution in [0.25, 0.3) is 11.3 Å². The number of carbonyl (C=O) groups excluding carboxylic acids is 1. The highest BCUT2D eigenvalue weighted by atomic mass is 32.2. The Hall–Kier alpha value is -2.72. The summed E-state index contributed by atoms with van der Waals surface area (Å²) < 4.78 is 10.9. The minimum Gasteiger partial charge on any atom is -0.496 e. The van der Waals surface area contributed by atoms with Crippen LogP contribution >= 0.6 is 11.8 Å². The molecule has 0 unspecified atom stereocenters. The number of carbonyl (C=O) groups is 1. The zero-order chi connectivity index (χ0) is 16.8. The molecule has 7 heteroatoms. The molecule has 0 bridgehead atoms. The number of nitriles is 1. The van der Waals surface area contributed by atoms with Gasteiger partial charge >= 0.3 is 0 Å². The van der Waals surface area contributed by atoms with Crippen molar-refractivity contribution in [1.29, 1.82) is 5.26 Å². The molecule has 1 aromatic carbocycles. The van der Waals surface area contributed by atoms with Gasteiger partial charge in [-0.15, -0.1) is 0 Å². The van der Waals surface area contributed by atoms with Crippen LogP contribution in [0.3, 0.4) is 0 Å². The van der Waals surface area contributed by atoms with Gasteiger partial charge in [0.2, 0.25) is 0 Å². The van der Waals surface area contributed by atoms with Gasteiger partial charge in [0.25, 0.3) is 0 Å². The molecule has 2 aromatic rings. The summed E-state index contributed by atoms with van der Waals surface area (Å²) in [7, 11) is 1.55. The van der Waals surface area contributed by atoms with Crippen LogP contribution in [0.15, 0.2) is 39.7 Å². The third kappa shape index (κ3) is 3.93. The quantitative estimate of drug-likeness (QED) is 0.303. The van der Waals surface area contributed by atoms with Gasteiger partial charge in [-0.3, -0.25) is 10.1 Å². The lowest BCUT2D eigenvalue weighted by Gasteiger charge is -2.08. The highest BCUT2D eigenvalue weighted by Crippen LogP contribution is 2.34. The number of Topliss-reactive ketones (excluding diaryl/α,β-unsaturated/α-hetero) is 1. The summed E-state index contributed by atoms with van der Waals surface area (Å²) in [5.74, 6) is 1.27. The van der Waals surface area contributed by atoms with Crippen molar-refractivity contribution in [3.63, 3.8) is 0 Å². The fraction of sp³-hybridized carbons (Fsp3) is 0.188. The van der Waals surface area contributed by atoms with E-state index in [0.717, 1.165) is 5.56 Å². The Labute approximate surface area is 138 Å². The molecular weight excluding hydrogens is 314 g/mol. The number of hydrogen-bond donors (Lipinski definition) is 1. The summed E-state index contributed by atoms with van der Waals surface area (Å²) in [6.07, 6.45) is 3.66. The number of amidine groups is 1. The van der Waals surface area contributed by atoms with Crippen LogP contribution in [0.5, 0.6) is 5.75 Å². The van der Waals surface area contributed by atoms with E-state index in [1.807, 2.05) is 12.4 Å². The fourth-order valence-electron chi connectivity index (χ4n) is 1.91. The van der Waals surface area contributed by atoms with Crippen molar-refractivity contribution in [2.45, 2.75) is 6.92 Å². The van der Waals surface area contributed by atoms with Crippen LogP contribution in [0.2, 0.25) is 0 Å².